The number of likely N-dealkylation sites (N-methyl/N-ethyl adjacent to an activating group) is 1. The van der Waals surface area contributed by atoms with Gasteiger partial charge < -0.3 is 4.90 Å². The molecule has 1 aromatic heterocycles. The summed E-state index contributed by atoms with van der Waals surface area (Å²) in [5, 5.41) is 0.663. The van der Waals surface area contributed by atoms with Crippen molar-refractivity contribution < 1.29 is 4.79 Å². The van der Waals surface area contributed by atoms with Crippen molar-refractivity contribution in [2.75, 3.05) is 20.1 Å². The minimum atomic E-state index is 0.301. The summed E-state index contributed by atoms with van der Waals surface area (Å²) in [6, 6.07) is 10.5. The van der Waals surface area contributed by atoms with Crippen molar-refractivity contribution in [2.24, 2.45) is 0 Å². The highest BCUT2D eigenvalue weighted by Gasteiger charge is 2.28. The van der Waals surface area contributed by atoms with Crippen LogP contribution in [0.25, 0.3) is 0 Å². The highest BCUT2D eigenvalue weighted by molar-refractivity contribution is 7.14. The van der Waals surface area contributed by atoms with Crippen LogP contribution in [0.3, 0.4) is 0 Å². The van der Waals surface area contributed by atoms with Crippen molar-refractivity contribution in [3.63, 3.8) is 0 Å². The van der Waals surface area contributed by atoms with Gasteiger partial charge in [-0.3, -0.25) is 4.79 Å². The van der Waals surface area contributed by atoms with E-state index in [1.165, 1.54) is 10.4 Å². The molecule has 0 saturated carbocycles. The number of benzene rings is 1. The van der Waals surface area contributed by atoms with Crippen molar-refractivity contribution >= 4 is 29.2 Å². The summed E-state index contributed by atoms with van der Waals surface area (Å²) < 4.78 is 0. The molecule has 1 unspecified atom stereocenters. The first-order valence-corrected chi connectivity index (χ1v) is 7.90. The zero-order chi connectivity index (χ0) is 14.1. The van der Waals surface area contributed by atoms with Crippen LogP contribution >= 0.6 is 22.9 Å². The Kier molecular flexibility index (Phi) is 3.92. The van der Waals surface area contributed by atoms with Crippen LogP contribution in [0.15, 0.2) is 30.3 Å². The van der Waals surface area contributed by atoms with Gasteiger partial charge >= 0.3 is 0 Å². The number of nitrogens with zero attached hydrogens (tertiary/aromatic N) is 1. The molecule has 0 amide bonds. The number of fused-ring (bicyclic) bond motifs is 1. The summed E-state index contributed by atoms with van der Waals surface area (Å²) in [5.74, 6) is 0.301. The van der Waals surface area contributed by atoms with Gasteiger partial charge in [-0.2, -0.15) is 0 Å². The Hall–Kier alpha value is -1.16. The molecule has 0 aliphatic carbocycles. The third-order valence-corrected chi connectivity index (χ3v) is 5.68. The molecule has 0 bridgehead atoms. The second kappa shape index (κ2) is 5.68. The largest absolute Gasteiger partial charge is 0.305 e. The number of carbonyl (C=O) groups is 1. The molecule has 2 nitrogen and oxygen atoms in total. The summed E-state index contributed by atoms with van der Waals surface area (Å²) in [7, 11) is 2.14. The number of carbonyl (C=O) groups excluding carboxylic acids is 1. The average molecular weight is 306 g/mol. The number of rotatable bonds is 2. The number of aldehydes is 1. The van der Waals surface area contributed by atoms with Crippen LogP contribution in [0.5, 0.6) is 0 Å². The van der Waals surface area contributed by atoms with Crippen LogP contribution < -0.4 is 0 Å². The van der Waals surface area contributed by atoms with Crippen LogP contribution in [0.2, 0.25) is 5.02 Å². The van der Waals surface area contributed by atoms with Crippen molar-refractivity contribution in [2.45, 2.75) is 12.3 Å². The number of halogens is 1. The van der Waals surface area contributed by atoms with E-state index in [1.807, 2.05) is 6.07 Å². The Labute approximate surface area is 128 Å². The van der Waals surface area contributed by atoms with Gasteiger partial charge in [-0.05, 0) is 24.6 Å². The van der Waals surface area contributed by atoms with E-state index in [4.69, 9.17) is 11.6 Å². The van der Waals surface area contributed by atoms with Crippen molar-refractivity contribution in [3.8, 4) is 0 Å². The maximum Gasteiger partial charge on any atom is 0.161 e. The van der Waals surface area contributed by atoms with E-state index in [2.05, 4.69) is 36.2 Å². The normalized spacial score (nSPS) is 19.4. The van der Waals surface area contributed by atoms with E-state index in [1.54, 1.807) is 11.3 Å². The molecule has 4 heteroatoms. The number of thiophene rings is 1. The van der Waals surface area contributed by atoms with Crippen LogP contribution in [0.4, 0.5) is 0 Å². The molecule has 0 spiro atoms. The van der Waals surface area contributed by atoms with Crippen molar-refractivity contribution in [3.05, 3.63) is 56.2 Å². The Balaban J connectivity index is 2.12. The average Bonchev–Trinajstić information content (AvgIpc) is 2.69. The molecule has 20 heavy (non-hydrogen) atoms. The van der Waals surface area contributed by atoms with Crippen molar-refractivity contribution in [1.82, 2.24) is 4.90 Å². The minimum Gasteiger partial charge on any atom is -0.305 e. The standard InChI is InChI=1S/C16H16ClNOS/c1-18-8-7-12-15(17)14(10-19)20-16(12)13(9-18)11-5-3-2-4-6-11/h2-6,10,13H,7-9H2,1H3. The highest BCUT2D eigenvalue weighted by atomic mass is 35.5. The fourth-order valence-corrected chi connectivity index (χ4v) is 4.39. The SMILES string of the molecule is CN1CCc2c(sc(C=O)c2Cl)C(c2ccccc2)C1. The second-order valence-electron chi connectivity index (χ2n) is 5.22. The Bertz CT molecular complexity index is 623. The van der Waals surface area contributed by atoms with Crippen LogP contribution in [0.1, 0.15) is 31.6 Å². The zero-order valence-electron chi connectivity index (χ0n) is 11.3. The third-order valence-electron chi connectivity index (χ3n) is 3.86. The molecular weight excluding hydrogens is 290 g/mol. The number of hydrogen-bond acceptors (Lipinski definition) is 3. The maximum absolute atomic E-state index is 11.2. The first kappa shape index (κ1) is 13.8. The molecule has 0 saturated heterocycles. The predicted octanol–water partition coefficient (Wildman–Crippen LogP) is 3.83. The molecule has 2 heterocycles. The van der Waals surface area contributed by atoms with E-state index < -0.39 is 0 Å². The van der Waals surface area contributed by atoms with Gasteiger partial charge in [0.2, 0.25) is 0 Å². The first-order valence-electron chi connectivity index (χ1n) is 6.70. The summed E-state index contributed by atoms with van der Waals surface area (Å²) in [6.45, 7) is 1.94. The quantitative estimate of drug-likeness (QED) is 0.786. The zero-order valence-corrected chi connectivity index (χ0v) is 12.9. The molecule has 1 aliphatic heterocycles. The van der Waals surface area contributed by atoms with Gasteiger partial charge in [0.25, 0.3) is 0 Å². The monoisotopic (exact) mass is 305 g/mol. The lowest BCUT2D eigenvalue weighted by Gasteiger charge is -2.20. The van der Waals surface area contributed by atoms with Crippen LogP contribution in [-0.4, -0.2) is 31.3 Å². The maximum atomic E-state index is 11.2. The van der Waals surface area contributed by atoms with E-state index >= 15 is 0 Å². The van der Waals surface area contributed by atoms with Gasteiger partial charge in [-0.25, -0.2) is 0 Å². The molecule has 0 fully saturated rings. The van der Waals surface area contributed by atoms with E-state index in [0.29, 0.717) is 15.8 Å². The minimum absolute atomic E-state index is 0.301. The Morgan fingerprint density at radius 3 is 2.80 bits per heavy atom. The summed E-state index contributed by atoms with van der Waals surface area (Å²) in [5.41, 5.74) is 2.45. The molecule has 0 radical (unpaired) electrons. The molecular formula is C16H16ClNOS. The van der Waals surface area contributed by atoms with E-state index in [9.17, 15) is 4.79 Å². The molecule has 104 valence electrons. The highest BCUT2D eigenvalue weighted by Crippen LogP contribution is 2.41. The molecule has 0 N–H and O–H groups in total. The lowest BCUT2D eigenvalue weighted by atomic mass is 9.95. The summed E-state index contributed by atoms with van der Waals surface area (Å²) in [6.07, 6.45) is 1.80. The molecule has 1 atom stereocenters. The van der Waals surface area contributed by atoms with Gasteiger partial charge in [0.1, 0.15) is 0 Å². The molecule has 3 rings (SSSR count). The lowest BCUT2D eigenvalue weighted by Crippen LogP contribution is -2.24. The lowest BCUT2D eigenvalue weighted by molar-refractivity contribution is 0.112. The van der Waals surface area contributed by atoms with E-state index in [0.717, 1.165) is 31.4 Å². The molecule has 2 aromatic rings. The van der Waals surface area contributed by atoms with Gasteiger partial charge in [0, 0.05) is 23.9 Å². The molecule has 1 aliphatic rings. The van der Waals surface area contributed by atoms with Crippen LogP contribution in [0, 0.1) is 0 Å². The van der Waals surface area contributed by atoms with Gasteiger partial charge in [-0.1, -0.05) is 41.9 Å². The molecule has 1 aromatic carbocycles. The third kappa shape index (κ3) is 2.41. The van der Waals surface area contributed by atoms with Crippen molar-refractivity contribution in [1.29, 1.82) is 0 Å². The Morgan fingerprint density at radius 2 is 2.10 bits per heavy atom. The predicted molar refractivity (Wildman–Crippen MR) is 84.2 cm³/mol. The van der Waals surface area contributed by atoms with Crippen LogP contribution in [-0.2, 0) is 6.42 Å². The van der Waals surface area contributed by atoms with E-state index in [-0.39, 0.29) is 0 Å². The van der Waals surface area contributed by atoms with Gasteiger partial charge in [0.15, 0.2) is 6.29 Å². The van der Waals surface area contributed by atoms with Gasteiger partial charge in [0.05, 0.1) is 9.90 Å². The topological polar surface area (TPSA) is 20.3 Å². The first-order chi connectivity index (χ1) is 9.70. The fraction of sp³-hybridized carbons (Fsp3) is 0.312. The fourth-order valence-electron chi connectivity index (χ4n) is 2.80. The summed E-state index contributed by atoms with van der Waals surface area (Å²) >= 11 is 7.93. The Morgan fingerprint density at radius 1 is 1.35 bits per heavy atom. The summed E-state index contributed by atoms with van der Waals surface area (Å²) in [4.78, 5) is 15.4. The second-order valence-corrected chi connectivity index (χ2v) is 6.68. The smallest absolute Gasteiger partial charge is 0.161 e. The van der Waals surface area contributed by atoms with Gasteiger partial charge in [-0.15, -0.1) is 11.3 Å². The number of hydrogen-bond donors (Lipinski definition) is 0.